The number of rotatable bonds is 18. The van der Waals surface area contributed by atoms with E-state index in [1.54, 1.807) is 16.8 Å². The number of β-amino-alcohol motifs (C(OH)–C–C–N with tert-alkyl or cyclic N) is 1. The molecule has 1 unspecified atom stereocenters. The molecule has 16 heteroatoms. The molecular formula is C51H63F3N6O6S. The molecule has 0 saturated carbocycles. The maximum Gasteiger partial charge on any atom is 0.246 e. The minimum atomic E-state index is -1.61. The summed E-state index contributed by atoms with van der Waals surface area (Å²) in [5.41, 5.74) is 4.68. The zero-order chi connectivity index (χ0) is 48.2. The molecular weight excluding hydrogens is 882 g/mol. The molecule has 360 valence electrons. The number of benzene rings is 3. The van der Waals surface area contributed by atoms with E-state index in [1.165, 1.54) is 30.9 Å². The van der Waals surface area contributed by atoms with E-state index in [1.807, 2.05) is 88.0 Å². The lowest BCUT2D eigenvalue weighted by molar-refractivity contribution is -0.144. The van der Waals surface area contributed by atoms with E-state index in [-0.39, 0.29) is 69.0 Å². The highest BCUT2D eigenvalue weighted by Gasteiger charge is 2.45. The third-order valence-electron chi connectivity index (χ3n) is 12.5. The molecule has 4 heterocycles. The number of hydrogen-bond acceptors (Lipinski definition) is 9. The highest BCUT2D eigenvalue weighted by atomic mass is 32.1. The molecule has 7 rings (SSSR count). The van der Waals surface area contributed by atoms with Crippen LogP contribution in [0.25, 0.3) is 21.3 Å². The SMILES string of the molecule is Cc1ncsc1-c1ccc(CNC(=O)[C@@H]2C[C@@H](O)CN2C(=O)C(NC(=O)CCOCCCCOc2cc(F)c([C@@H]3c4[nH]c5ccccc5c4C[C@@H](C)N3CC(C)(C)F)c(F)c2)C(C)(C)C)cc1. The number of aromatic amines is 1. The summed E-state index contributed by atoms with van der Waals surface area (Å²) >= 11 is 1.56. The van der Waals surface area contributed by atoms with Gasteiger partial charge >= 0.3 is 0 Å². The molecule has 4 N–H and O–H groups in total. The standard InChI is InChI=1S/C51H63F3N6O6S/c1-30-22-37-36-12-8-9-13-40(36)57-44(37)45(60(30)28-51(6,7)54)43-38(52)24-35(25-39(43)53)66-20-11-10-19-65-21-18-42(62)58-47(50(3,4)5)49(64)59-27-34(61)23-41(59)48(63)55-26-32-14-16-33(17-15-32)46-31(2)56-29-67-46/h8-9,12-17,24-25,29-30,34,41,45,47,57,61H,10-11,18-23,26-28H2,1-7H3,(H,55,63)(H,58,62)/t30-,34-,41+,45-,47?/m1/s1. The zero-order valence-corrected chi connectivity index (χ0v) is 40.2. The number of nitrogens with zero attached hydrogens (tertiary/aromatic N) is 3. The average molecular weight is 945 g/mol. The molecule has 5 aromatic rings. The van der Waals surface area contributed by atoms with Gasteiger partial charge < -0.3 is 35.1 Å². The molecule has 67 heavy (non-hydrogen) atoms. The van der Waals surface area contributed by atoms with E-state index in [4.69, 9.17) is 9.47 Å². The van der Waals surface area contributed by atoms with Gasteiger partial charge in [0.15, 0.2) is 0 Å². The largest absolute Gasteiger partial charge is 0.493 e. The predicted octanol–water partition coefficient (Wildman–Crippen LogP) is 8.34. The highest BCUT2D eigenvalue weighted by Crippen LogP contribution is 2.44. The topological polar surface area (TPSA) is 149 Å². The zero-order valence-electron chi connectivity index (χ0n) is 39.4. The Kier molecular flexibility index (Phi) is 15.5. The van der Waals surface area contributed by atoms with Crippen molar-refractivity contribution in [2.24, 2.45) is 5.41 Å². The van der Waals surface area contributed by atoms with Gasteiger partial charge in [-0.25, -0.2) is 18.2 Å². The number of fused-ring (bicyclic) bond motifs is 3. The van der Waals surface area contributed by atoms with Crippen LogP contribution in [0.1, 0.15) is 101 Å². The summed E-state index contributed by atoms with van der Waals surface area (Å²) in [6, 6.07) is 15.0. The Labute approximate surface area is 394 Å². The molecule has 0 aliphatic carbocycles. The average Bonchev–Trinajstić information content (AvgIpc) is 3.99. The number of halogens is 3. The minimum absolute atomic E-state index is 0.0187. The third-order valence-corrected chi connectivity index (χ3v) is 13.5. The Morgan fingerprint density at radius 3 is 2.37 bits per heavy atom. The fourth-order valence-electron chi connectivity index (χ4n) is 9.18. The van der Waals surface area contributed by atoms with Crippen molar-refractivity contribution in [2.75, 3.05) is 32.9 Å². The van der Waals surface area contributed by atoms with Crippen LogP contribution < -0.4 is 15.4 Å². The Bertz CT molecular complexity index is 2510. The normalized spacial score (nSPS) is 19.4. The molecule has 0 spiro atoms. The Balaban J connectivity index is 0.865. The van der Waals surface area contributed by atoms with Crippen LogP contribution in [-0.4, -0.2) is 105 Å². The van der Waals surface area contributed by atoms with Crippen LogP contribution in [0.15, 0.2) is 66.2 Å². The number of carbonyl (C=O) groups is 3. The van der Waals surface area contributed by atoms with E-state index < -0.39 is 58.8 Å². The van der Waals surface area contributed by atoms with Crippen LogP contribution in [0.4, 0.5) is 13.2 Å². The number of aryl methyl sites for hydroxylation is 1. The molecule has 1 saturated heterocycles. The van der Waals surface area contributed by atoms with Gasteiger partial charge in [0.1, 0.15) is 35.1 Å². The Morgan fingerprint density at radius 2 is 1.70 bits per heavy atom. The number of H-pyrrole nitrogens is 1. The van der Waals surface area contributed by atoms with Crippen molar-refractivity contribution >= 4 is 40.0 Å². The molecule has 1 fully saturated rings. The second kappa shape index (κ2) is 20.9. The number of aliphatic hydroxyl groups is 1. The van der Waals surface area contributed by atoms with Crippen LogP contribution in [0.5, 0.6) is 5.75 Å². The Hall–Kier alpha value is -5.29. The summed E-state index contributed by atoms with van der Waals surface area (Å²) < 4.78 is 58.8. The number of aliphatic hydroxyl groups excluding tert-OH is 1. The van der Waals surface area contributed by atoms with Crippen molar-refractivity contribution in [3.05, 3.63) is 106 Å². The van der Waals surface area contributed by atoms with Crippen molar-refractivity contribution in [2.45, 2.75) is 123 Å². The molecule has 2 aromatic heterocycles. The second-order valence-electron chi connectivity index (χ2n) is 19.6. The van der Waals surface area contributed by atoms with Crippen LogP contribution >= 0.6 is 11.3 Å². The van der Waals surface area contributed by atoms with Gasteiger partial charge in [-0.2, -0.15) is 0 Å². The van der Waals surface area contributed by atoms with Crippen LogP contribution in [0.2, 0.25) is 0 Å². The first-order valence-electron chi connectivity index (χ1n) is 23.1. The number of para-hydroxylation sites is 1. The lowest BCUT2D eigenvalue weighted by Gasteiger charge is -2.43. The Morgan fingerprint density at radius 1 is 1.00 bits per heavy atom. The summed E-state index contributed by atoms with van der Waals surface area (Å²) in [4.78, 5) is 52.6. The van der Waals surface area contributed by atoms with Crippen LogP contribution in [-0.2, 0) is 32.1 Å². The van der Waals surface area contributed by atoms with Gasteiger partial charge in [-0.05, 0) is 75.1 Å². The van der Waals surface area contributed by atoms with Crippen molar-refractivity contribution < 1.29 is 42.1 Å². The maximum atomic E-state index is 16.1. The van der Waals surface area contributed by atoms with E-state index in [2.05, 4.69) is 20.6 Å². The highest BCUT2D eigenvalue weighted by molar-refractivity contribution is 7.13. The van der Waals surface area contributed by atoms with Crippen molar-refractivity contribution in [1.82, 2.24) is 30.4 Å². The van der Waals surface area contributed by atoms with Crippen molar-refractivity contribution in [3.63, 3.8) is 0 Å². The summed E-state index contributed by atoms with van der Waals surface area (Å²) in [5, 5.41) is 17.3. The minimum Gasteiger partial charge on any atom is -0.493 e. The quantitative estimate of drug-likeness (QED) is 0.0642. The van der Waals surface area contributed by atoms with E-state index in [0.29, 0.717) is 31.6 Å². The predicted molar refractivity (Wildman–Crippen MR) is 253 cm³/mol. The number of alkyl halides is 1. The fraction of sp³-hybridized carbons (Fsp3) is 0.490. The van der Waals surface area contributed by atoms with Crippen molar-refractivity contribution in [3.8, 4) is 16.2 Å². The molecule has 3 amide bonds. The summed E-state index contributed by atoms with van der Waals surface area (Å²) in [5.74, 6) is -2.76. The van der Waals surface area contributed by atoms with Gasteiger partial charge in [-0.3, -0.25) is 19.3 Å². The second-order valence-corrected chi connectivity index (χ2v) is 20.4. The first-order valence-corrected chi connectivity index (χ1v) is 24.0. The molecule has 0 radical (unpaired) electrons. The lowest BCUT2D eigenvalue weighted by Crippen LogP contribution is -2.57. The summed E-state index contributed by atoms with van der Waals surface area (Å²) in [7, 11) is 0. The number of amides is 3. The van der Waals surface area contributed by atoms with Gasteiger partial charge in [-0.1, -0.05) is 63.2 Å². The van der Waals surface area contributed by atoms with E-state index in [9.17, 15) is 19.5 Å². The smallest absolute Gasteiger partial charge is 0.246 e. The van der Waals surface area contributed by atoms with Gasteiger partial charge in [0.2, 0.25) is 17.7 Å². The number of ether oxygens (including phenoxy) is 2. The van der Waals surface area contributed by atoms with Crippen molar-refractivity contribution in [1.29, 1.82) is 0 Å². The van der Waals surface area contributed by atoms with E-state index >= 15 is 13.2 Å². The summed E-state index contributed by atoms with van der Waals surface area (Å²) in [6.07, 6.45) is 0.828. The van der Waals surface area contributed by atoms with Gasteiger partial charge in [0, 0.05) is 79.4 Å². The van der Waals surface area contributed by atoms with Gasteiger partial charge in [0.05, 0.1) is 41.4 Å². The van der Waals surface area contributed by atoms with Gasteiger partial charge in [-0.15, -0.1) is 11.3 Å². The number of likely N-dealkylation sites (tertiary alicyclic amines) is 1. The number of thiazole rings is 1. The third kappa shape index (κ3) is 11.9. The molecule has 0 bridgehead atoms. The number of carbonyl (C=O) groups excluding carboxylic acids is 3. The van der Waals surface area contributed by atoms with Crippen LogP contribution in [0, 0.1) is 24.0 Å². The molecule has 2 aliphatic heterocycles. The molecule has 3 aromatic carbocycles. The number of unbranched alkanes of at least 4 members (excludes halogenated alkanes) is 1. The number of nitrogens with one attached hydrogen (secondary N) is 3. The number of hydrogen-bond donors (Lipinski definition) is 4. The molecule has 2 aliphatic rings. The first-order chi connectivity index (χ1) is 31.8. The van der Waals surface area contributed by atoms with Gasteiger partial charge in [0.25, 0.3) is 0 Å². The lowest BCUT2D eigenvalue weighted by atomic mass is 9.85. The molecule has 5 atom stereocenters. The summed E-state index contributed by atoms with van der Waals surface area (Å²) in [6.45, 7) is 13.1. The van der Waals surface area contributed by atoms with E-state index in [0.717, 1.165) is 38.2 Å². The monoisotopic (exact) mass is 944 g/mol. The fourth-order valence-corrected chi connectivity index (χ4v) is 9.99. The maximum absolute atomic E-state index is 16.1. The first kappa shape index (κ1) is 49.6. The van der Waals surface area contributed by atoms with Crippen LogP contribution in [0.3, 0.4) is 0 Å². The number of aromatic nitrogens is 2. The molecule has 12 nitrogen and oxygen atoms in total.